The van der Waals surface area contributed by atoms with Gasteiger partial charge in [0.25, 0.3) is 5.91 Å². The monoisotopic (exact) mass is 362 g/mol. The Bertz CT molecular complexity index is 959. The number of rotatable bonds is 6. The number of ether oxygens (including phenoxy) is 1. The molecule has 2 aromatic carbocycles. The van der Waals surface area contributed by atoms with Crippen molar-refractivity contribution in [3.63, 3.8) is 0 Å². The van der Waals surface area contributed by atoms with Crippen molar-refractivity contribution in [1.82, 2.24) is 15.6 Å². The summed E-state index contributed by atoms with van der Waals surface area (Å²) < 4.78 is 5.39. The zero-order valence-corrected chi connectivity index (χ0v) is 15.6. The lowest BCUT2D eigenvalue weighted by atomic mass is 10.0. The predicted molar refractivity (Wildman–Crippen MR) is 106 cm³/mol. The Balaban J connectivity index is 1.63. The highest BCUT2D eigenvalue weighted by Crippen LogP contribution is 2.20. The van der Waals surface area contributed by atoms with Gasteiger partial charge in [-0.15, -0.1) is 0 Å². The van der Waals surface area contributed by atoms with Gasteiger partial charge in [-0.3, -0.25) is 9.89 Å². The summed E-state index contributed by atoms with van der Waals surface area (Å²) >= 11 is 0. The van der Waals surface area contributed by atoms with E-state index in [0.717, 1.165) is 22.6 Å². The first-order valence-corrected chi connectivity index (χ1v) is 8.76. The van der Waals surface area contributed by atoms with Gasteiger partial charge in [-0.05, 0) is 73.9 Å². The first kappa shape index (κ1) is 18.4. The fourth-order valence-electron chi connectivity index (χ4n) is 2.53. The maximum atomic E-state index is 12.2. The Labute approximate surface area is 158 Å². The highest BCUT2D eigenvalue weighted by molar-refractivity contribution is 5.94. The molecule has 27 heavy (non-hydrogen) atoms. The van der Waals surface area contributed by atoms with Crippen molar-refractivity contribution < 1.29 is 9.53 Å². The van der Waals surface area contributed by atoms with Gasteiger partial charge in [-0.25, -0.2) is 5.43 Å². The Hall–Kier alpha value is -3.41. The lowest BCUT2D eigenvalue weighted by Crippen LogP contribution is -2.17. The lowest BCUT2D eigenvalue weighted by molar-refractivity contribution is 0.0950. The van der Waals surface area contributed by atoms with E-state index in [-0.39, 0.29) is 5.91 Å². The molecule has 1 aromatic heterocycles. The molecule has 0 unspecified atom stereocenters. The van der Waals surface area contributed by atoms with E-state index in [0.29, 0.717) is 12.3 Å². The molecule has 0 saturated carbocycles. The number of aromatic nitrogens is 2. The minimum Gasteiger partial charge on any atom is -0.494 e. The highest BCUT2D eigenvalue weighted by atomic mass is 16.5. The van der Waals surface area contributed by atoms with Gasteiger partial charge in [0.05, 0.1) is 18.5 Å². The standard InChI is InChI=1S/C21H22N4O2/c1-4-27-18-9-6-16(7-10-18)13-22-25-21(26)20-12-19(23-24-20)17-8-5-14(2)15(3)11-17/h5-13H,4H2,1-3H3,(H,23,24)(H,25,26)/b22-13-. The van der Waals surface area contributed by atoms with Crippen molar-refractivity contribution >= 4 is 12.1 Å². The summed E-state index contributed by atoms with van der Waals surface area (Å²) in [6.07, 6.45) is 1.58. The molecular formula is C21H22N4O2. The zero-order chi connectivity index (χ0) is 19.2. The second-order valence-electron chi connectivity index (χ2n) is 6.17. The maximum Gasteiger partial charge on any atom is 0.289 e. The summed E-state index contributed by atoms with van der Waals surface area (Å²) in [4.78, 5) is 12.2. The van der Waals surface area contributed by atoms with Gasteiger partial charge in [0, 0.05) is 5.56 Å². The first-order chi connectivity index (χ1) is 13.1. The van der Waals surface area contributed by atoms with E-state index in [1.807, 2.05) is 43.3 Å². The summed E-state index contributed by atoms with van der Waals surface area (Å²) in [7, 11) is 0. The second-order valence-corrected chi connectivity index (χ2v) is 6.17. The molecule has 2 N–H and O–H groups in total. The molecule has 0 bridgehead atoms. The highest BCUT2D eigenvalue weighted by Gasteiger charge is 2.10. The van der Waals surface area contributed by atoms with E-state index in [1.165, 1.54) is 11.1 Å². The van der Waals surface area contributed by atoms with Crippen LogP contribution >= 0.6 is 0 Å². The molecule has 1 amide bonds. The number of nitrogens with one attached hydrogen (secondary N) is 2. The molecule has 0 radical (unpaired) electrons. The van der Waals surface area contributed by atoms with Crippen LogP contribution in [0.4, 0.5) is 0 Å². The number of hydrazone groups is 1. The van der Waals surface area contributed by atoms with Crippen molar-refractivity contribution in [1.29, 1.82) is 0 Å². The summed E-state index contributed by atoms with van der Waals surface area (Å²) in [5.41, 5.74) is 7.80. The number of carbonyl (C=O) groups excluding carboxylic acids is 1. The Morgan fingerprint density at radius 1 is 1.15 bits per heavy atom. The number of hydrogen-bond acceptors (Lipinski definition) is 4. The number of hydrogen-bond donors (Lipinski definition) is 2. The molecule has 0 aliphatic carbocycles. The predicted octanol–water partition coefficient (Wildman–Crippen LogP) is 3.86. The molecule has 0 spiro atoms. The third-order valence-corrected chi connectivity index (χ3v) is 4.20. The lowest BCUT2D eigenvalue weighted by Gasteiger charge is -2.02. The number of amides is 1. The Kier molecular flexibility index (Phi) is 5.66. The topological polar surface area (TPSA) is 79.4 Å². The van der Waals surface area contributed by atoms with Crippen molar-refractivity contribution in [2.45, 2.75) is 20.8 Å². The van der Waals surface area contributed by atoms with Gasteiger partial charge < -0.3 is 4.74 Å². The Morgan fingerprint density at radius 3 is 2.63 bits per heavy atom. The summed E-state index contributed by atoms with van der Waals surface area (Å²) in [5.74, 6) is 0.454. The Morgan fingerprint density at radius 2 is 1.93 bits per heavy atom. The van der Waals surface area contributed by atoms with E-state index in [1.54, 1.807) is 12.3 Å². The summed E-state index contributed by atoms with van der Waals surface area (Å²) in [5, 5.41) is 11.0. The molecule has 0 aliphatic heterocycles. The molecule has 1 heterocycles. The van der Waals surface area contributed by atoms with Crippen LogP contribution in [0.25, 0.3) is 11.3 Å². The summed E-state index contributed by atoms with van der Waals surface area (Å²) in [6, 6.07) is 15.3. The van der Waals surface area contributed by atoms with Gasteiger partial charge in [-0.2, -0.15) is 10.2 Å². The molecule has 3 rings (SSSR count). The van der Waals surface area contributed by atoms with Crippen molar-refractivity contribution in [3.05, 3.63) is 70.9 Å². The molecule has 3 aromatic rings. The molecule has 6 heteroatoms. The molecule has 6 nitrogen and oxygen atoms in total. The van der Waals surface area contributed by atoms with Crippen LogP contribution in [0.15, 0.2) is 53.6 Å². The molecular weight excluding hydrogens is 340 g/mol. The number of nitrogens with zero attached hydrogens (tertiary/aromatic N) is 2. The quantitative estimate of drug-likeness (QED) is 0.516. The van der Waals surface area contributed by atoms with Gasteiger partial charge in [0.2, 0.25) is 0 Å². The van der Waals surface area contributed by atoms with E-state index in [2.05, 4.69) is 40.6 Å². The van der Waals surface area contributed by atoms with Crippen LogP contribution in [0.5, 0.6) is 5.75 Å². The average Bonchev–Trinajstić information content (AvgIpc) is 3.16. The van der Waals surface area contributed by atoms with Crippen LogP contribution in [0.1, 0.15) is 34.1 Å². The average molecular weight is 362 g/mol. The number of H-pyrrole nitrogens is 1. The maximum absolute atomic E-state index is 12.2. The van der Waals surface area contributed by atoms with Crippen molar-refractivity contribution in [3.8, 4) is 17.0 Å². The largest absolute Gasteiger partial charge is 0.494 e. The summed E-state index contributed by atoms with van der Waals surface area (Å²) in [6.45, 7) is 6.67. The minimum atomic E-state index is -0.347. The normalized spacial score (nSPS) is 10.9. The van der Waals surface area contributed by atoms with Gasteiger partial charge in [-0.1, -0.05) is 12.1 Å². The molecule has 0 atom stereocenters. The molecule has 138 valence electrons. The van der Waals surface area contributed by atoms with Crippen LogP contribution in [-0.2, 0) is 0 Å². The van der Waals surface area contributed by atoms with E-state index in [4.69, 9.17) is 4.74 Å². The number of aryl methyl sites for hydroxylation is 2. The van der Waals surface area contributed by atoms with Crippen LogP contribution in [-0.4, -0.2) is 28.9 Å². The van der Waals surface area contributed by atoms with E-state index in [9.17, 15) is 4.79 Å². The fourth-order valence-corrected chi connectivity index (χ4v) is 2.53. The van der Waals surface area contributed by atoms with Crippen LogP contribution in [0, 0.1) is 13.8 Å². The third-order valence-electron chi connectivity index (χ3n) is 4.20. The van der Waals surface area contributed by atoms with E-state index >= 15 is 0 Å². The van der Waals surface area contributed by atoms with Crippen LogP contribution in [0.2, 0.25) is 0 Å². The smallest absolute Gasteiger partial charge is 0.289 e. The molecule has 0 fully saturated rings. The molecule has 0 aliphatic rings. The second kappa shape index (κ2) is 8.31. The van der Waals surface area contributed by atoms with Gasteiger partial charge in [0.15, 0.2) is 0 Å². The molecule has 0 saturated heterocycles. The fraction of sp³-hybridized carbons (Fsp3) is 0.190. The van der Waals surface area contributed by atoms with E-state index < -0.39 is 0 Å². The number of benzene rings is 2. The van der Waals surface area contributed by atoms with Gasteiger partial charge >= 0.3 is 0 Å². The number of carbonyl (C=O) groups is 1. The van der Waals surface area contributed by atoms with Crippen molar-refractivity contribution in [2.24, 2.45) is 5.10 Å². The van der Waals surface area contributed by atoms with Crippen LogP contribution < -0.4 is 10.2 Å². The van der Waals surface area contributed by atoms with Crippen LogP contribution in [0.3, 0.4) is 0 Å². The first-order valence-electron chi connectivity index (χ1n) is 8.76. The van der Waals surface area contributed by atoms with Gasteiger partial charge in [0.1, 0.15) is 11.4 Å². The third kappa shape index (κ3) is 4.61. The SMILES string of the molecule is CCOc1ccc(/C=N\NC(=O)c2cc(-c3ccc(C)c(C)c3)n[nH]2)cc1. The zero-order valence-electron chi connectivity index (χ0n) is 15.6. The number of aromatic amines is 1. The van der Waals surface area contributed by atoms with Crippen molar-refractivity contribution in [2.75, 3.05) is 6.61 Å². The minimum absolute atomic E-state index is 0.347.